The summed E-state index contributed by atoms with van der Waals surface area (Å²) in [5, 5.41) is 7.04. The number of rotatable bonds is 7. The molecule has 0 spiro atoms. The Kier molecular flexibility index (Phi) is 9.33. The summed E-state index contributed by atoms with van der Waals surface area (Å²) >= 11 is 14.2. The van der Waals surface area contributed by atoms with Gasteiger partial charge in [-0.05, 0) is 68.2 Å². The molecule has 2 aromatic heterocycles. The maximum atomic E-state index is 14.7. The predicted octanol–water partition coefficient (Wildman–Crippen LogP) is 7.53. The number of carbonyl (C=O) groups is 1. The van der Waals surface area contributed by atoms with Crippen molar-refractivity contribution in [2.45, 2.75) is 40.5 Å². The zero-order valence-electron chi connectivity index (χ0n) is 24.3. The normalized spacial score (nSPS) is 13.3. The average Bonchev–Trinajstić information content (AvgIpc) is 3.48. The molecule has 0 unspecified atom stereocenters. The first-order valence-electron chi connectivity index (χ1n) is 14.2. The molecule has 0 bridgehead atoms. The van der Waals surface area contributed by atoms with E-state index in [0.717, 1.165) is 46.7 Å². The van der Waals surface area contributed by atoms with Crippen LogP contribution in [0.1, 0.15) is 54.9 Å². The van der Waals surface area contributed by atoms with Gasteiger partial charge in [0.25, 0.3) is 11.5 Å². The quantitative estimate of drug-likeness (QED) is 0.232. The third kappa shape index (κ3) is 5.97. The zero-order valence-corrected chi connectivity index (χ0v) is 26.6. The number of aromatic nitrogens is 2. The van der Waals surface area contributed by atoms with Crippen molar-refractivity contribution in [3.63, 3.8) is 0 Å². The van der Waals surface area contributed by atoms with Gasteiger partial charge in [-0.25, -0.2) is 4.98 Å². The minimum absolute atomic E-state index is 0.105. The van der Waals surface area contributed by atoms with E-state index >= 15 is 0 Å². The molecule has 218 valence electrons. The van der Waals surface area contributed by atoms with Crippen LogP contribution in [0.5, 0.6) is 0 Å². The fourth-order valence-corrected chi connectivity index (χ4v) is 6.59. The Hall–Kier alpha value is -3.23. The number of hydrogen-bond acceptors (Lipinski definition) is 5. The van der Waals surface area contributed by atoms with E-state index in [0.29, 0.717) is 57.8 Å². The van der Waals surface area contributed by atoms with Crippen molar-refractivity contribution in [3.8, 4) is 27.5 Å². The Morgan fingerprint density at radius 3 is 2.40 bits per heavy atom. The summed E-state index contributed by atoms with van der Waals surface area (Å²) in [6, 6.07) is 13.1. The van der Waals surface area contributed by atoms with Crippen LogP contribution in [0.15, 0.2) is 58.2 Å². The number of nitrogens with zero attached hydrogens (tertiary/aromatic N) is 3. The number of nitrogens with one attached hydrogen (secondary N) is 1. The Morgan fingerprint density at radius 2 is 1.76 bits per heavy atom. The second kappa shape index (κ2) is 13.0. The second-order valence-corrected chi connectivity index (χ2v) is 12.2. The molecule has 6 nitrogen and oxygen atoms in total. The van der Waals surface area contributed by atoms with Crippen molar-refractivity contribution in [1.29, 1.82) is 0 Å². The molecular formula is C33H34Cl2N4O2S. The van der Waals surface area contributed by atoms with Crippen LogP contribution in [0.3, 0.4) is 0 Å². The monoisotopic (exact) mass is 620 g/mol. The number of pyridine rings is 1. The first-order valence-corrected chi connectivity index (χ1v) is 15.8. The third-order valence-electron chi connectivity index (χ3n) is 7.44. The van der Waals surface area contributed by atoms with E-state index in [1.165, 1.54) is 11.3 Å². The molecule has 1 saturated heterocycles. The van der Waals surface area contributed by atoms with Gasteiger partial charge >= 0.3 is 0 Å². The lowest BCUT2D eigenvalue weighted by Gasteiger charge is -2.29. The molecule has 0 aliphatic carbocycles. The van der Waals surface area contributed by atoms with Crippen LogP contribution < -0.4 is 10.9 Å². The first-order chi connectivity index (χ1) is 20.2. The highest BCUT2D eigenvalue weighted by atomic mass is 35.5. The van der Waals surface area contributed by atoms with Crippen LogP contribution >= 0.6 is 34.5 Å². The first kappa shape index (κ1) is 30.2. The van der Waals surface area contributed by atoms with E-state index < -0.39 is 0 Å². The zero-order chi connectivity index (χ0) is 30.0. The minimum atomic E-state index is -0.233. The van der Waals surface area contributed by atoms with Gasteiger partial charge in [0.2, 0.25) is 0 Å². The summed E-state index contributed by atoms with van der Waals surface area (Å²) in [7, 11) is 0. The molecule has 1 amide bonds. The van der Waals surface area contributed by atoms with Crippen LogP contribution in [0.25, 0.3) is 33.6 Å². The molecule has 1 aliphatic rings. The van der Waals surface area contributed by atoms with E-state index in [1.54, 1.807) is 10.6 Å². The predicted molar refractivity (Wildman–Crippen MR) is 175 cm³/mol. The molecule has 1 N–H and O–H groups in total. The van der Waals surface area contributed by atoms with Crippen molar-refractivity contribution < 1.29 is 4.79 Å². The molecule has 9 heteroatoms. The number of amides is 1. The number of carbonyl (C=O) groups excluding carboxylic acids is 1. The van der Waals surface area contributed by atoms with Crippen molar-refractivity contribution in [3.05, 3.63) is 96.2 Å². The summed E-state index contributed by atoms with van der Waals surface area (Å²) in [5.41, 5.74) is 6.41. The number of halogens is 2. The summed E-state index contributed by atoms with van der Waals surface area (Å²) in [4.78, 5) is 35.6. The van der Waals surface area contributed by atoms with Gasteiger partial charge in [0.15, 0.2) is 0 Å². The van der Waals surface area contributed by atoms with Gasteiger partial charge in [-0.3, -0.25) is 14.2 Å². The highest BCUT2D eigenvalue weighted by Crippen LogP contribution is 2.34. The molecule has 4 aromatic rings. The number of thiazole rings is 1. The van der Waals surface area contributed by atoms with Crippen molar-refractivity contribution in [1.82, 2.24) is 19.8 Å². The smallest absolute Gasteiger partial charge is 0.265 e. The molecule has 1 fully saturated rings. The fourth-order valence-electron chi connectivity index (χ4n) is 5.34. The minimum Gasteiger partial charge on any atom is -0.336 e. The molecule has 0 atom stereocenters. The molecule has 5 rings (SSSR count). The lowest BCUT2D eigenvalue weighted by molar-refractivity contribution is 0.0735. The third-order valence-corrected chi connectivity index (χ3v) is 8.92. The molecular weight excluding hydrogens is 587 g/mol. The van der Waals surface area contributed by atoms with Crippen molar-refractivity contribution in [2.75, 3.05) is 26.2 Å². The number of hydrogen-bond donors (Lipinski definition) is 1. The molecule has 0 saturated carbocycles. The van der Waals surface area contributed by atoms with E-state index in [2.05, 4.69) is 12.2 Å². The molecule has 42 heavy (non-hydrogen) atoms. The Balaban J connectivity index is 1.84. The Bertz CT molecular complexity index is 1710. The van der Waals surface area contributed by atoms with E-state index in [9.17, 15) is 9.59 Å². The maximum absolute atomic E-state index is 14.7. The van der Waals surface area contributed by atoms with Crippen molar-refractivity contribution in [2.24, 2.45) is 0 Å². The molecule has 3 heterocycles. The van der Waals surface area contributed by atoms with Gasteiger partial charge in [-0.1, -0.05) is 60.8 Å². The Labute approximate surface area is 260 Å². The van der Waals surface area contributed by atoms with Crippen LogP contribution in [0, 0.1) is 0 Å². The van der Waals surface area contributed by atoms with E-state index in [4.69, 9.17) is 28.2 Å². The number of allylic oxidation sites excluding steroid dienone is 1. The summed E-state index contributed by atoms with van der Waals surface area (Å²) in [5.74, 6) is -0.105. The molecule has 1 aliphatic heterocycles. The van der Waals surface area contributed by atoms with Gasteiger partial charge in [-0.2, -0.15) is 0 Å². The van der Waals surface area contributed by atoms with Crippen LogP contribution in [-0.2, 0) is 12.8 Å². The van der Waals surface area contributed by atoms with Gasteiger partial charge in [0.05, 0.1) is 28.2 Å². The number of aryl methyl sites for hydroxylation is 1. The largest absolute Gasteiger partial charge is 0.336 e. The maximum Gasteiger partial charge on any atom is 0.265 e. The fraction of sp³-hybridized carbons (Fsp3) is 0.303. The van der Waals surface area contributed by atoms with Crippen LogP contribution in [0.2, 0.25) is 10.0 Å². The molecule has 0 radical (unpaired) electrons. The second-order valence-electron chi connectivity index (χ2n) is 10.5. The van der Waals surface area contributed by atoms with Gasteiger partial charge in [-0.15, -0.1) is 11.3 Å². The molecule has 2 aromatic carbocycles. The Morgan fingerprint density at radius 1 is 1.05 bits per heavy atom. The van der Waals surface area contributed by atoms with Gasteiger partial charge in [0, 0.05) is 47.2 Å². The summed E-state index contributed by atoms with van der Waals surface area (Å²) in [6.45, 7) is 10.7. The highest BCUT2D eigenvalue weighted by molar-refractivity contribution is 7.13. The van der Waals surface area contributed by atoms with Crippen LogP contribution in [-0.4, -0.2) is 46.5 Å². The number of piperazine rings is 1. The standard InChI is InChI=1S/C33H34Cl2N4O2S/c1-5-21-9-12-27(35)24(6-2)30(21)39-29(17-20(3)4)25(32(40)38-15-13-36-14-16-38)18-26(33(39)41)31-37-28(19-42-31)22-7-10-23(34)11-8-22/h7-12,17-19,36H,5-6,13-16H2,1-4H3. The number of benzene rings is 2. The SMILES string of the molecule is CCc1ccc(Cl)c(CC)c1-n1c(C=C(C)C)c(C(=O)N2CCNCC2)cc(-c2nc(-c3ccc(Cl)cc3)cs2)c1=O. The summed E-state index contributed by atoms with van der Waals surface area (Å²) < 4.78 is 1.71. The van der Waals surface area contributed by atoms with Crippen LogP contribution in [0.4, 0.5) is 0 Å². The summed E-state index contributed by atoms with van der Waals surface area (Å²) in [6.07, 6.45) is 3.26. The van der Waals surface area contributed by atoms with Gasteiger partial charge in [0.1, 0.15) is 5.01 Å². The van der Waals surface area contributed by atoms with Gasteiger partial charge < -0.3 is 10.2 Å². The van der Waals surface area contributed by atoms with E-state index in [-0.39, 0.29) is 11.5 Å². The lowest BCUT2D eigenvalue weighted by Crippen LogP contribution is -2.47. The topological polar surface area (TPSA) is 67.2 Å². The average molecular weight is 622 g/mol. The highest BCUT2D eigenvalue weighted by Gasteiger charge is 2.28. The van der Waals surface area contributed by atoms with E-state index in [1.807, 2.05) is 73.5 Å². The lowest BCUT2D eigenvalue weighted by atomic mass is 9.99. The van der Waals surface area contributed by atoms with Crippen molar-refractivity contribution >= 4 is 46.5 Å².